The molecule has 0 radical (unpaired) electrons. The Morgan fingerprint density at radius 3 is 1.08 bits per heavy atom. The van der Waals surface area contributed by atoms with E-state index in [1.54, 1.807) is 0 Å². The molecule has 0 fully saturated rings. The standard InChI is InChI=1S/C28H58O9S2/c1-3-5-7-9-11-13-15-17-21-27(29)23-19-25-35-38(31,32)37-39(33,34)36-26-20-24-28(30)22-18-16-14-12-10-8-6-4-2/h27-30H,3-26H2,1-2H3. The molecular weight excluding hydrogens is 544 g/mol. The summed E-state index contributed by atoms with van der Waals surface area (Å²) in [7, 11) is -9.59. The van der Waals surface area contributed by atoms with Crippen LogP contribution >= 0.6 is 0 Å². The third-order valence-electron chi connectivity index (χ3n) is 6.77. The van der Waals surface area contributed by atoms with Gasteiger partial charge >= 0.3 is 20.8 Å². The molecule has 0 aromatic heterocycles. The highest BCUT2D eigenvalue weighted by molar-refractivity contribution is 7.95. The van der Waals surface area contributed by atoms with E-state index in [2.05, 4.69) is 25.8 Å². The molecule has 39 heavy (non-hydrogen) atoms. The largest absolute Gasteiger partial charge is 0.416 e. The zero-order chi connectivity index (χ0) is 29.2. The lowest BCUT2D eigenvalue weighted by Gasteiger charge is -2.11. The third kappa shape index (κ3) is 27.6. The molecule has 11 heteroatoms. The summed E-state index contributed by atoms with van der Waals surface area (Å²) < 4.78 is 60.5. The number of unbranched alkanes of at least 4 members (excludes halogenated alkanes) is 14. The van der Waals surface area contributed by atoms with Crippen LogP contribution in [0.25, 0.3) is 0 Å². The van der Waals surface area contributed by atoms with Crippen molar-refractivity contribution in [2.75, 3.05) is 13.2 Å². The average molecular weight is 603 g/mol. The topological polar surface area (TPSA) is 136 Å². The fraction of sp³-hybridized carbons (Fsp3) is 1.00. The second-order valence-corrected chi connectivity index (χ2v) is 13.3. The molecule has 0 bridgehead atoms. The van der Waals surface area contributed by atoms with Gasteiger partial charge in [0.15, 0.2) is 0 Å². The molecular formula is C28H58O9S2. The van der Waals surface area contributed by atoms with Crippen molar-refractivity contribution in [3.05, 3.63) is 0 Å². The number of aliphatic hydroxyl groups is 2. The minimum Gasteiger partial charge on any atom is -0.393 e. The SMILES string of the molecule is CCCCCCCCCCC(O)CCCOS(=O)(=O)OS(=O)(=O)OCCCC(O)CCCCCCCCCC. The Labute approximate surface area is 240 Å². The molecule has 9 nitrogen and oxygen atoms in total. The summed E-state index contributed by atoms with van der Waals surface area (Å²) in [5.41, 5.74) is 0. The fourth-order valence-electron chi connectivity index (χ4n) is 4.42. The summed E-state index contributed by atoms with van der Waals surface area (Å²) in [5.74, 6) is 0. The van der Waals surface area contributed by atoms with Crippen LogP contribution in [0.3, 0.4) is 0 Å². The Morgan fingerprint density at radius 1 is 0.462 bits per heavy atom. The van der Waals surface area contributed by atoms with E-state index in [1.165, 1.54) is 64.2 Å². The zero-order valence-electron chi connectivity index (χ0n) is 24.7. The predicted molar refractivity (Wildman–Crippen MR) is 156 cm³/mol. The number of hydrogen-bond acceptors (Lipinski definition) is 9. The summed E-state index contributed by atoms with van der Waals surface area (Å²) in [6, 6.07) is 0. The van der Waals surface area contributed by atoms with Crippen LogP contribution in [-0.2, 0) is 32.8 Å². The van der Waals surface area contributed by atoms with Crippen LogP contribution in [0.2, 0.25) is 0 Å². The van der Waals surface area contributed by atoms with Gasteiger partial charge in [-0.15, -0.1) is 3.63 Å². The lowest BCUT2D eigenvalue weighted by atomic mass is 10.0. The van der Waals surface area contributed by atoms with Gasteiger partial charge in [-0.2, -0.15) is 16.8 Å². The Bertz CT molecular complexity index is 680. The van der Waals surface area contributed by atoms with Gasteiger partial charge in [0.05, 0.1) is 25.4 Å². The first-order valence-electron chi connectivity index (χ1n) is 15.5. The molecule has 236 valence electrons. The van der Waals surface area contributed by atoms with E-state index in [0.717, 1.165) is 38.5 Å². The fourth-order valence-corrected chi connectivity index (χ4v) is 6.19. The molecule has 0 aromatic carbocycles. The van der Waals surface area contributed by atoms with Crippen molar-refractivity contribution >= 4 is 20.8 Å². The molecule has 2 N–H and O–H groups in total. The Morgan fingerprint density at radius 2 is 0.744 bits per heavy atom. The van der Waals surface area contributed by atoms with Crippen LogP contribution in [0.4, 0.5) is 0 Å². The van der Waals surface area contributed by atoms with Crippen molar-refractivity contribution in [2.45, 2.75) is 167 Å². The van der Waals surface area contributed by atoms with E-state index in [9.17, 15) is 27.0 Å². The first-order chi connectivity index (χ1) is 18.6. The molecule has 0 heterocycles. The molecule has 0 amide bonds. The van der Waals surface area contributed by atoms with Gasteiger partial charge in [-0.3, -0.25) is 0 Å². The van der Waals surface area contributed by atoms with Gasteiger partial charge in [0.2, 0.25) is 0 Å². The van der Waals surface area contributed by atoms with Crippen LogP contribution in [0.1, 0.15) is 155 Å². The summed E-state index contributed by atoms with van der Waals surface area (Å²) >= 11 is 0. The highest BCUT2D eigenvalue weighted by Crippen LogP contribution is 2.15. The maximum Gasteiger partial charge on any atom is 0.416 e. The minimum absolute atomic E-state index is 0.248. The van der Waals surface area contributed by atoms with Crippen molar-refractivity contribution in [3.63, 3.8) is 0 Å². The van der Waals surface area contributed by atoms with E-state index < -0.39 is 33.0 Å². The Hall–Kier alpha value is -0.300. The number of aliphatic hydroxyl groups excluding tert-OH is 2. The van der Waals surface area contributed by atoms with Crippen molar-refractivity contribution in [1.29, 1.82) is 0 Å². The van der Waals surface area contributed by atoms with Gasteiger partial charge in [-0.25, -0.2) is 8.37 Å². The normalized spacial score (nSPS) is 14.1. The molecule has 0 saturated heterocycles. The van der Waals surface area contributed by atoms with Gasteiger partial charge in [0.25, 0.3) is 0 Å². The summed E-state index contributed by atoms with van der Waals surface area (Å²) in [6.07, 6.45) is 20.3. The number of hydrogen-bond donors (Lipinski definition) is 2. The second kappa shape index (κ2) is 25.4. The molecule has 0 aliphatic rings. The molecule has 0 aliphatic carbocycles. The lowest BCUT2D eigenvalue weighted by molar-refractivity contribution is 0.136. The van der Waals surface area contributed by atoms with Crippen molar-refractivity contribution in [3.8, 4) is 0 Å². The van der Waals surface area contributed by atoms with Crippen LogP contribution in [0.5, 0.6) is 0 Å². The van der Waals surface area contributed by atoms with E-state index >= 15 is 0 Å². The molecule has 0 spiro atoms. The summed E-state index contributed by atoms with van der Waals surface area (Å²) in [4.78, 5) is 0. The van der Waals surface area contributed by atoms with Crippen molar-refractivity contribution in [1.82, 2.24) is 0 Å². The molecule has 2 unspecified atom stereocenters. The quantitative estimate of drug-likeness (QED) is 0.0844. The van der Waals surface area contributed by atoms with Gasteiger partial charge in [-0.1, -0.05) is 117 Å². The molecule has 0 rings (SSSR count). The van der Waals surface area contributed by atoms with Crippen LogP contribution in [-0.4, -0.2) is 52.5 Å². The van der Waals surface area contributed by atoms with E-state index in [4.69, 9.17) is 0 Å². The zero-order valence-corrected chi connectivity index (χ0v) is 26.3. The predicted octanol–water partition coefficient (Wildman–Crippen LogP) is 6.87. The van der Waals surface area contributed by atoms with Crippen molar-refractivity contribution in [2.24, 2.45) is 0 Å². The first-order valence-corrected chi connectivity index (χ1v) is 18.1. The molecule has 0 aromatic rings. The smallest absolute Gasteiger partial charge is 0.393 e. The van der Waals surface area contributed by atoms with Crippen molar-refractivity contribution < 1.29 is 39.0 Å². The molecule has 2 atom stereocenters. The van der Waals surface area contributed by atoms with Crippen LogP contribution < -0.4 is 0 Å². The minimum atomic E-state index is -4.79. The van der Waals surface area contributed by atoms with Crippen LogP contribution in [0, 0.1) is 0 Å². The monoisotopic (exact) mass is 602 g/mol. The van der Waals surface area contributed by atoms with Gasteiger partial charge in [-0.05, 0) is 38.5 Å². The van der Waals surface area contributed by atoms with Gasteiger partial charge in [0.1, 0.15) is 0 Å². The lowest BCUT2D eigenvalue weighted by Crippen LogP contribution is -2.20. The Kier molecular flexibility index (Phi) is 25.2. The number of rotatable bonds is 30. The third-order valence-corrected chi connectivity index (χ3v) is 9.01. The van der Waals surface area contributed by atoms with Crippen LogP contribution in [0.15, 0.2) is 0 Å². The first kappa shape index (κ1) is 38.7. The highest BCUT2D eigenvalue weighted by Gasteiger charge is 2.25. The van der Waals surface area contributed by atoms with Gasteiger partial charge < -0.3 is 10.2 Å². The average Bonchev–Trinajstić information content (AvgIpc) is 2.87. The second-order valence-electron chi connectivity index (χ2n) is 10.6. The maximum absolute atomic E-state index is 11.8. The van der Waals surface area contributed by atoms with Gasteiger partial charge in [0, 0.05) is 0 Å². The van der Waals surface area contributed by atoms with E-state index in [1.807, 2.05) is 0 Å². The Balaban J connectivity index is 3.83. The summed E-state index contributed by atoms with van der Waals surface area (Å²) in [5, 5.41) is 20.1. The van der Waals surface area contributed by atoms with E-state index in [0.29, 0.717) is 25.7 Å². The van der Waals surface area contributed by atoms with E-state index in [-0.39, 0.29) is 26.1 Å². The summed E-state index contributed by atoms with van der Waals surface area (Å²) in [6.45, 7) is 3.80. The maximum atomic E-state index is 11.8. The highest BCUT2D eigenvalue weighted by atomic mass is 32.3. The molecule has 0 saturated carbocycles. The molecule has 0 aliphatic heterocycles.